The molecule has 1 aliphatic heterocycles. The highest BCUT2D eigenvalue weighted by atomic mass is 19.1. The van der Waals surface area contributed by atoms with Gasteiger partial charge in [-0.1, -0.05) is 0 Å². The molecule has 1 aliphatic rings. The Hall–Kier alpha value is -1.71. The van der Waals surface area contributed by atoms with E-state index < -0.39 is 0 Å². The van der Waals surface area contributed by atoms with Crippen molar-refractivity contribution in [2.24, 2.45) is 4.99 Å². The van der Waals surface area contributed by atoms with Gasteiger partial charge in [0.05, 0.1) is 13.0 Å². The zero-order valence-corrected chi connectivity index (χ0v) is 9.11. The fourth-order valence-corrected chi connectivity index (χ4v) is 1.65. The normalized spacial score (nSPS) is 15.1. The summed E-state index contributed by atoms with van der Waals surface area (Å²) >= 11 is 0. The number of likely N-dealkylation sites (N-methyl/N-ethyl adjacent to an activating group) is 1. The Kier molecular flexibility index (Phi) is 2.99. The van der Waals surface area contributed by atoms with Gasteiger partial charge in [-0.15, -0.1) is 0 Å². The van der Waals surface area contributed by atoms with Gasteiger partial charge in [0, 0.05) is 19.2 Å². The molecule has 0 saturated heterocycles. The van der Waals surface area contributed by atoms with Crippen molar-refractivity contribution in [3.05, 3.63) is 35.6 Å². The van der Waals surface area contributed by atoms with E-state index in [1.54, 1.807) is 0 Å². The molecule has 0 amide bonds. The maximum atomic E-state index is 12.7. The van der Waals surface area contributed by atoms with E-state index in [9.17, 15) is 9.18 Å². The predicted molar refractivity (Wildman–Crippen MR) is 60.3 cm³/mol. The van der Waals surface area contributed by atoms with Gasteiger partial charge in [0.2, 0.25) is 0 Å². The molecule has 2 rings (SSSR count). The molecule has 0 aliphatic carbocycles. The lowest BCUT2D eigenvalue weighted by Gasteiger charge is -2.12. The quantitative estimate of drug-likeness (QED) is 0.727. The van der Waals surface area contributed by atoms with E-state index in [1.807, 2.05) is 11.9 Å². The highest BCUT2D eigenvalue weighted by Crippen LogP contribution is 2.09. The van der Waals surface area contributed by atoms with Crippen LogP contribution in [0.25, 0.3) is 0 Å². The van der Waals surface area contributed by atoms with Crippen LogP contribution in [0.1, 0.15) is 16.8 Å². The maximum Gasteiger partial charge on any atom is 0.170 e. The number of hydrogen-bond acceptors (Lipinski definition) is 3. The molecule has 0 saturated carbocycles. The van der Waals surface area contributed by atoms with Crippen LogP contribution in [0.5, 0.6) is 0 Å². The Bertz CT molecular complexity index is 425. The molecular weight excluding hydrogens is 207 g/mol. The summed E-state index contributed by atoms with van der Waals surface area (Å²) in [5.41, 5.74) is 0.532. The number of benzene rings is 1. The lowest BCUT2D eigenvalue weighted by Crippen LogP contribution is -2.24. The molecular formula is C12H13FN2O. The molecule has 84 valence electrons. The van der Waals surface area contributed by atoms with Gasteiger partial charge in [-0.05, 0) is 24.3 Å². The summed E-state index contributed by atoms with van der Waals surface area (Å²) in [6.07, 6.45) is 0.294. The largest absolute Gasteiger partial charge is 0.361 e. The van der Waals surface area contributed by atoms with E-state index >= 15 is 0 Å². The Morgan fingerprint density at radius 2 is 2.12 bits per heavy atom. The standard InChI is InChI=1S/C12H13FN2O/c1-15-7-6-14-12(15)8-11(16)9-2-4-10(13)5-3-9/h2-5H,6-8H2,1H3. The van der Waals surface area contributed by atoms with Crippen LogP contribution in [0, 0.1) is 5.82 Å². The summed E-state index contributed by atoms with van der Waals surface area (Å²) in [5.74, 6) is 0.466. The zero-order valence-electron chi connectivity index (χ0n) is 9.11. The van der Waals surface area contributed by atoms with Crippen LogP contribution in [-0.2, 0) is 0 Å². The number of amidine groups is 1. The zero-order chi connectivity index (χ0) is 11.5. The number of Topliss-reactive ketones (excluding diaryl/α,β-unsaturated/α-hetero) is 1. The van der Waals surface area contributed by atoms with Gasteiger partial charge in [-0.25, -0.2) is 4.39 Å². The van der Waals surface area contributed by atoms with E-state index in [-0.39, 0.29) is 11.6 Å². The molecule has 0 atom stereocenters. The topological polar surface area (TPSA) is 32.7 Å². The smallest absolute Gasteiger partial charge is 0.170 e. The number of halogens is 1. The van der Waals surface area contributed by atoms with Crippen molar-refractivity contribution in [2.75, 3.05) is 20.1 Å². The van der Waals surface area contributed by atoms with E-state index in [4.69, 9.17) is 0 Å². The van der Waals surface area contributed by atoms with Gasteiger partial charge < -0.3 is 4.90 Å². The molecule has 0 N–H and O–H groups in total. The lowest BCUT2D eigenvalue weighted by atomic mass is 10.1. The summed E-state index contributed by atoms with van der Waals surface area (Å²) in [4.78, 5) is 18.0. The molecule has 4 heteroatoms. The van der Waals surface area contributed by atoms with Crippen LogP contribution in [0.15, 0.2) is 29.3 Å². The van der Waals surface area contributed by atoms with E-state index in [0.717, 1.165) is 18.9 Å². The van der Waals surface area contributed by atoms with Gasteiger partial charge in [0.1, 0.15) is 11.7 Å². The summed E-state index contributed by atoms with van der Waals surface area (Å²) in [6.45, 7) is 1.62. The highest BCUT2D eigenvalue weighted by Gasteiger charge is 2.16. The minimum atomic E-state index is -0.327. The molecule has 1 aromatic rings. The van der Waals surface area contributed by atoms with Gasteiger partial charge in [0.25, 0.3) is 0 Å². The molecule has 1 heterocycles. The first kappa shape index (κ1) is 10.8. The fraction of sp³-hybridized carbons (Fsp3) is 0.333. The first-order valence-electron chi connectivity index (χ1n) is 5.20. The van der Waals surface area contributed by atoms with E-state index in [0.29, 0.717) is 12.0 Å². The third kappa shape index (κ3) is 2.27. The average molecular weight is 220 g/mol. The molecule has 1 aromatic carbocycles. The van der Waals surface area contributed by atoms with E-state index in [2.05, 4.69) is 4.99 Å². The van der Waals surface area contributed by atoms with Crippen molar-refractivity contribution in [3.63, 3.8) is 0 Å². The number of carbonyl (C=O) groups is 1. The summed E-state index contributed by atoms with van der Waals surface area (Å²) in [6, 6.07) is 5.61. The molecule has 0 aromatic heterocycles. The number of ketones is 1. The van der Waals surface area contributed by atoms with Crippen LogP contribution >= 0.6 is 0 Å². The Morgan fingerprint density at radius 1 is 1.44 bits per heavy atom. The second kappa shape index (κ2) is 4.43. The molecule has 0 unspecified atom stereocenters. The first-order chi connectivity index (χ1) is 7.66. The Labute approximate surface area is 93.6 Å². The molecule has 0 fully saturated rings. The SMILES string of the molecule is CN1CCN=C1CC(=O)c1ccc(F)cc1. The van der Waals surface area contributed by atoms with Gasteiger partial charge in [-0.2, -0.15) is 0 Å². The maximum absolute atomic E-state index is 12.7. The number of nitrogens with zero attached hydrogens (tertiary/aromatic N) is 2. The third-order valence-electron chi connectivity index (χ3n) is 2.66. The van der Waals surface area contributed by atoms with Crippen LogP contribution < -0.4 is 0 Å². The third-order valence-corrected chi connectivity index (χ3v) is 2.66. The molecule has 0 radical (unpaired) electrons. The first-order valence-corrected chi connectivity index (χ1v) is 5.20. The van der Waals surface area contributed by atoms with Crippen LogP contribution in [-0.4, -0.2) is 36.7 Å². The fourth-order valence-electron chi connectivity index (χ4n) is 1.65. The van der Waals surface area contributed by atoms with Crippen molar-refractivity contribution >= 4 is 11.6 Å². The van der Waals surface area contributed by atoms with Gasteiger partial charge in [-0.3, -0.25) is 9.79 Å². The van der Waals surface area contributed by atoms with Crippen molar-refractivity contribution in [2.45, 2.75) is 6.42 Å². The molecule has 3 nitrogen and oxygen atoms in total. The summed E-state index contributed by atoms with van der Waals surface area (Å²) in [5, 5.41) is 0. The predicted octanol–water partition coefficient (Wildman–Crippen LogP) is 1.74. The van der Waals surface area contributed by atoms with Crippen molar-refractivity contribution in [3.8, 4) is 0 Å². The van der Waals surface area contributed by atoms with Crippen molar-refractivity contribution < 1.29 is 9.18 Å². The van der Waals surface area contributed by atoms with E-state index in [1.165, 1.54) is 24.3 Å². The lowest BCUT2D eigenvalue weighted by molar-refractivity contribution is 0.0998. The van der Waals surface area contributed by atoms with Crippen LogP contribution in [0.4, 0.5) is 4.39 Å². The van der Waals surface area contributed by atoms with Crippen LogP contribution in [0.3, 0.4) is 0 Å². The monoisotopic (exact) mass is 220 g/mol. The second-order valence-electron chi connectivity index (χ2n) is 3.83. The molecule has 16 heavy (non-hydrogen) atoms. The molecule has 0 spiro atoms. The molecule has 0 bridgehead atoms. The number of aliphatic imine (C=N–C) groups is 1. The highest BCUT2D eigenvalue weighted by molar-refractivity contribution is 6.09. The minimum Gasteiger partial charge on any atom is -0.361 e. The summed E-state index contributed by atoms with van der Waals surface area (Å²) in [7, 11) is 1.92. The minimum absolute atomic E-state index is 0.0208. The van der Waals surface area contributed by atoms with Gasteiger partial charge in [0.15, 0.2) is 5.78 Å². The van der Waals surface area contributed by atoms with Gasteiger partial charge >= 0.3 is 0 Å². The average Bonchev–Trinajstić information content (AvgIpc) is 2.65. The second-order valence-corrected chi connectivity index (χ2v) is 3.83. The summed E-state index contributed by atoms with van der Waals surface area (Å²) < 4.78 is 12.7. The number of hydrogen-bond donors (Lipinski definition) is 0. The van der Waals surface area contributed by atoms with Crippen molar-refractivity contribution in [1.29, 1.82) is 0 Å². The number of rotatable bonds is 3. The van der Waals surface area contributed by atoms with Crippen molar-refractivity contribution in [1.82, 2.24) is 4.90 Å². The Balaban J connectivity index is 2.06. The van der Waals surface area contributed by atoms with Crippen LogP contribution in [0.2, 0.25) is 0 Å². The number of carbonyl (C=O) groups excluding carboxylic acids is 1. The Morgan fingerprint density at radius 3 is 2.69 bits per heavy atom.